The number of methoxy groups -OCH3 is 2. The van der Waals surface area contributed by atoms with Gasteiger partial charge in [0.05, 0.1) is 42.7 Å². The molecular weight excluding hydrogens is 743 g/mol. The number of carbonyl (C=O) groups excluding carboxylic acids is 4. The Hall–Kier alpha value is -2.97. The highest BCUT2D eigenvalue weighted by Gasteiger charge is 2.43. The number of aliphatic carboxylic acids is 1. The van der Waals surface area contributed by atoms with E-state index in [0.717, 1.165) is 23.6 Å². The number of hydrogen-bond acceptors (Lipinski definition) is 9. The molecular formula is C44H75N3O9Si. The van der Waals surface area contributed by atoms with Crippen LogP contribution in [-0.2, 0) is 39.9 Å². The van der Waals surface area contributed by atoms with Crippen LogP contribution in [-0.4, -0.2) is 135 Å². The molecule has 0 bridgehead atoms. The minimum Gasteiger partial charge on any atom is -0.481 e. The van der Waals surface area contributed by atoms with Gasteiger partial charge in [-0.3, -0.25) is 28.9 Å². The van der Waals surface area contributed by atoms with Gasteiger partial charge in [0.1, 0.15) is 5.78 Å². The third kappa shape index (κ3) is 13.5. The summed E-state index contributed by atoms with van der Waals surface area (Å²) >= 11 is 0. The smallest absolute Gasteiger partial charge is 0.307 e. The maximum absolute atomic E-state index is 14.3. The van der Waals surface area contributed by atoms with Crippen LogP contribution < -0.4 is 5.19 Å². The average Bonchev–Trinajstić information content (AvgIpc) is 3.62. The molecule has 324 valence electrons. The molecule has 1 saturated heterocycles. The minimum atomic E-state index is -2.51. The van der Waals surface area contributed by atoms with E-state index in [9.17, 15) is 33.9 Å². The number of likely N-dealkylation sites (tertiary alicyclic amines) is 1. The molecule has 1 aromatic rings. The molecule has 2 rings (SSSR count). The summed E-state index contributed by atoms with van der Waals surface area (Å²) in [5.74, 6) is -3.74. The number of Topliss-reactive ketones (excluding diaryl/α,β-unsaturated/α-hetero) is 2. The first-order valence-electron chi connectivity index (χ1n) is 20.9. The van der Waals surface area contributed by atoms with Crippen LogP contribution in [0.4, 0.5) is 0 Å². The summed E-state index contributed by atoms with van der Waals surface area (Å²) in [4.78, 5) is 84.0. The quantitative estimate of drug-likeness (QED) is 0.136. The van der Waals surface area contributed by atoms with Crippen LogP contribution >= 0.6 is 0 Å². The van der Waals surface area contributed by atoms with Crippen molar-refractivity contribution in [1.82, 2.24) is 14.7 Å². The van der Waals surface area contributed by atoms with Crippen molar-refractivity contribution in [3.63, 3.8) is 0 Å². The van der Waals surface area contributed by atoms with Gasteiger partial charge in [-0.25, -0.2) is 0 Å². The van der Waals surface area contributed by atoms with E-state index < -0.39 is 56.3 Å². The second kappa shape index (κ2) is 22.4. The molecule has 13 heteroatoms. The molecule has 57 heavy (non-hydrogen) atoms. The van der Waals surface area contributed by atoms with Crippen molar-refractivity contribution in [2.45, 2.75) is 137 Å². The Morgan fingerprint density at radius 2 is 1.47 bits per heavy atom. The Morgan fingerprint density at radius 1 is 0.877 bits per heavy atom. The summed E-state index contributed by atoms with van der Waals surface area (Å²) in [6, 6.07) is 6.14. The molecule has 9 atom stereocenters. The molecule has 0 aromatic heterocycles. The molecule has 1 aliphatic heterocycles. The summed E-state index contributed by atoms with van der Waals surface area (Å²) < 4.78 is 12.0. The molecule has 12 nitrogen and oxygen atoms in total. The normalized spacial score (nSPS) is 19.2. The van der Waals surface area contributed by atoms with Crippen LogP contribution in [0.3, 0.4) is 0 Å². The zero-order chi connectivity index (χ0) is 43.5. The van der Waals surface area contributed by atoms with Gasteiger partial charge < -0.3 is 29.2 Å². The largest absolute Gasteiger partial charge is 0.481 e. The van der Waals surface area contributed by atoms with Gasteiger partial charge in [0.2, 0.25) is 20.1 Å². The summed E-state index contributed by atoms with van der Waals surface area (Å²) in [5, 5.41) is 10.9. The molecule has 1 aliphatic rings. The number of amides is 2. The van der Waals surface area contributed by atoms with Crippen molar-refractivity contribution >= 4 is 42.9 Å². The van der Waals surface area contributed by atoms with Crippen molar-refractivity contribution in [3.05, 3.63) is 29.8 Å². The van der Waals surface area contributed by atoms with E-state index in [1.165, 1.54) is 7.11 Å². The monoisotopic (exact) mass is 818 g/mol. The molecule has 0 aliphatic carbocycles. The first-order chi connectivity index (χ1) is 26.5. The summed E-state index contributed by atoms with van der Waals surface area (Å²) in [5.41, 5.74) is 0.772. The number of carboxylic acid groups (broad SMARTS) is 1. The first-order valence-corrected chi connectivity index (χ1v) is 23.8. The molecule has 1 aromatic carbocycles. The van der Waals surface area contributed by atoms with E-state index in [0.29, 0.717) is 13.0 Å². The van der Waals surface area contributed by atoms with Crippen LogP contribution in [0.25, 0.3) is 0 Å². The van der Waals surface area contributed by atoms with Crippen LogP contribution in [0.1, 0.15) is 92.6 Å². The number of nitrogens with zero attached hydrogens (tertiary/aromatic N) is 3. The third-order valence-corrected chi connectivity index (χ3v) is 14.1. The summed E-state index contributed by atoms with van der Waals surface area (Å²) in [6.45, 7) is 17.9. The second-order valence-corrected chi connectivity index (χ2v) is 21.6. The van der Waals surface area contributed by atoms with E-state index in [2.05, 4.69) is 0 Å². The fraction of sp³-hybridized carbons (Fsp3) is 0.750. The van der Waals surface area contributed by atoms with E-state index in [4.69, 9.17) is 9.47 Å². The van der Waals surface area contributed by atoms with Crippen LogP contribution in [0.2, 0.25) is 13.1 Å². The topological polar surface area (TPSA) is 154 Å². The Balaban J connectivity index is 2.27. The van der Waals surface area contributed by atoms with Crippen molar-refractivity contribution < 1.29 is 43.3 Å². The molecule has 0 saturated carbocycles. The fourth-order valence-corrected chi connectivity index (χ4v) is 9.79. The van der Waals surface area contributed by atoms with E-state index >= 15 is 0 Å². The van der Waals surface area contributed by atoms with Crippen LogP contribution in [0, 0.1) is 35.5 Å². The van der Waals surface area contributed by atoms with E-state index in [1.54, 1.807) is 30.9 Å². The molecule has 2 N–H and O–H groups in total. The highest BCUT2D eigenvalue weighted by molar-refractivity contribution is 6.83. The number of rotatable bonds is 24. The van der Waals surface area contributed by atoms with Gasteiger partial charge in [-0.15, -0.1) is 0 Å². The van der Waals surface area contributed by atoms with Gasteiger partial charge in [0, 0.05) is 52.5 Å². The molecule has 2 amide bonds. The molecule has 1 fully saturated rings. The Labute approximate surface area is 344 Å². The first kappa shape index (κ1) is 50.2. The fourth-order valence-electron chi connectivity index (χ4n) is 8.81. The lowest BCUT2D eigenvalue weighted by Gasteiger charge is -2.41. The lowest BCUT2D eigenvalue weighted by Crippen LogP contribution is -2.54. The third-order valence-electron chi connectivity index (χ3n) is 12.4. The number of hydrogen-bond donors (Lipinski definition) is 2. The summed E-state index contributed by atoms with van der Waals surface area (Å²) in [6.07, 6.45) is 0.925. The number of ether oxygens (including phenoxy) is 2. The molecule has 0 radical (unpaired) electrons. The lowest BCUT2D eigenvalue weighted by molar-refractivity contribution is -0.149. The molecule has 1 heterocycles. The lowest BCUT2D eigenvalue weighted by atomic mass is 9.83. The highest BCUT2D eigenvalue weighted by atomic mass is 28.4. The Kier molecular flexibility index (Phi) is 19.7. The van der Waals surface area contributed by atoms with Crippen LogP contribution in [0.15, 0.2) is 24.3 Å². The second-order valence-electron chi connectivity index (χ2n) is 17.9. The number of ketones is 2. The van der Waals surface area contributed by atoms with E-state index in [1.807, 2.05) is 97.9 Å². The number of benzene rings is 1. The maximum Gasteiger partial charge on any atom is 0.307 e. The van der Waals surface area contributed by atoms with Gasteiger partial charge in [-0.05, 0) is 75.0 Å². The Morgan fingerprint density at radius 3 is 1.93 bits per heavy atom. The zero-order valence-electron chi connectivity index (χ0n) is 37.4. The van der Waals surface area contributed by atoms with Crippen LogP contribution in [0.5, 0.6) is 0 Å². The predicted octanol–water partition coefficient (Wildman–Crippen LogP) is 5.03. The standard InChI is InChI=1S/C44H75N3O9Si/c1-15-29(6)41(46(10)43(51)34(27(2)3)25-37(49)40(28(4)5)45(8)9)38(55-11)26-39(50)47-22-16-17-35(47)42(56-12)30(7)36(48)24-32(44(52)53)23-31-18-20-33(21-19-31)57(13,14)54/h18-21,27-30,32,34-35,38,40-42,54H,15-17,22-26H2,1-14H3,(H,52,53)/t29-,30-,32+,34-,35-,38+,40-,41-,42+/m1/s1. The van der Waals surface area contributed by atoms with Gasteiger partial charge in [-0.1, -0.05) is 79.2 Å². The number of likely N-dealkylation sites (N-methyl/N-ethyl adjacent to an activating group) is 2. The van der Waals surface area contributed by atoms with Crippen molar-refractivity contribution in [2.24, 2.45) is 35.5 Å². The number of carboxylic acids is 1. The molecule has 0 unspecified atom stereocenters. The van der Waals surface area contributed by atoms with Gasteiger partial charge >= 0.3 is 5.97 Å². The minimum absolute atomic E-state index is 0.00947. The number of carbonyl (C=O) groups is 5. The summed E-state index contributed by atoms with van der Waals surface area (Å²) in [7, 11) is 6.10. The van der Waals surface area contributed by atoms with Crippen molar-refractivity contribution in [1.29, 1.82) is 0 Å². The Bertz CT molecular complexity index is 1470. The van der Waals surface area contributed by atoms with Gasteiger partial charge in [-0.2, -0.15) is 0 Å². The highest BCUT2D eigenvalue weighted by Crippen LogP contribution is 2.32. The van der Waals surface area contributed by atoms with Gasteiger partial charge in [0.25, 0.3) is 0 Å². The van der Waals surface area contributed by atoms with Gasteiger partial charge in [0.15, 0.2) is 5.78 Å². The predicted molar refractivity (Wildman–Crippen MR) is 227 cm³/mol. The zero-order valence-corrected chi connectivity index (χ0v) is 38.4. The molecule has 0 spiro atoms. The van der Waals surface area contributed by atoms with Crippen molar-refractivity contribution in [2.75, 3.05) is 41.9 Å². The van der Waals surface area contributed by atoms with E-state index in [-0.39, 0.29) is 72.9 Å². The average molecular weight is 818 g/mol. The maximum atomic E-state index is 14.3. The van der Waals surface area contributed by atoms with Crippen molar-refractivity contribution in [3.8, 4) is 0 Å². The SMILES string of the molecule is CC[C@@H](C)[C@H]([C@H](CC(=O)N1CCC[C@@H]1[C@@H](OC)[C@H](C)C(=O)C[C@H](Cc1ccc([Si](C)(C)O)cc1)C(=O)O)OC)N(C)C(=O)[C@H](CC(=O)[C@@H](C(C)C)N(C)C)C(C)C.